The second kappa shape index (κ2) is 5.61. The highest BCUT2D eigenvalue weighted by Crippen LogP contribution is 2.27. The summed E-state index contributed by atoms with van der Waals surface area (Å²) in [5.41, 5.74) is 0.103. The number of hydrogen-bond acceptors (Lipinski definition) is 3. The number of benzene rings is 1. The molecule has 0 unspecified atom stereocenters. The highest BCUT2D eigenvalue weighted by atomic mass is 79.9. The van der Waals surface area contributed by atoms with E-state index >= 15 is 0 Å². The van der Waals surface area contributed by atoms with Crippen molar-refractivity contribution in [3.8, 4) is 0 Å². The number of ether oxygens (including phenoxy) is 1. The van der Waals surface area contributed by atoms with Crippen molar-refractivity contribution in [3.05, 3.63) is 28.2 Å². The summed E-state index contributed by atoms with van der Waals surface area (Å²) in [4.78, 5) is 24.0. The molecule has 0 aliphatic rings. The van der Waals surface area contributed by atoms with Crippen molar-refractivity contribution >= 4 is 33.7 Å². The molecule has 0 aliphatic carbocycles. The van der Waals surface area contributed by atoms with Crippen molar-refractivity contribution in [2.45, 2.75) is 26.4 Å². The van der Waals surface area contributed by atoms with Crippen LogP contribution in [0.5, 0.6) is 0 Å². The molecule has 1 N–H and O–H groups in total. The first-order chi connectivity index (χ1) is 8.61. The van der Waals surface area contributed by atoms with Crippen LogP contribution in [0, 0.1) is 0 Å². The zero-order valence-electron chi connectivity index (χ0n) is 11.2. The van der Waals surface area contributed by atoms with Gasteiger partial charge in [-0.05, 0) is 54.9 Å². The Morgan fingerprint density at radius 1 is 1.32 bits per heavy atom. The fourth-order valence-corrected chi connectivity index (χ4v) is 1.99. The van der Waals surface area contributed by atoms with E-state index in [-0.39, 0.29) is 5.56 Å². The number of rotatable bonds is 2. The molecule has 0 aliphatic heterocycles. The summed E-state index contributed by atoms with van der Waals surface area (Å²) in [6.45, 7) is 5.34. The zero-order chi connectivity index (χ0) is 14.8. The summed E-state index contributed by atoms with van der Waals surface area (Å²) in [5.74, 6) is -1.02. The van der Waals surface area contributed by atoms with Gasteiger partial charge in [-0.3, -0.25) is 4.90 Å². The smallest absolute Gasteiger partial charge is 0.414 e. The van der Waals surface area contributed by atoms with Gasteiger partial charge in [-0.2, -0.15) is 0 Å². The van der Waals surface area contributed by atoms with E-state index in [1.54, 1.807) is 33.9 Å². The van der Waals surface area contributed by atoms with Gasteiger partial charge in [0.25, 0.3) is 0 Å². The number of halogens is 1. The highest BCUT2D eigenvalue weighted by molar-refractivity contribution is 9.10. The molecule has 0 spiro atoms. The van der Waals surface area contributed by atoms with Gasteiger partial charge in [-0.15, -0.1) is 0 Å². The van der Waals surface area contributed by atoms with Crippen molar-refractivity contribution in [2.24, 2.45) is 0 Å². The summed E-state index contributed by atoms with van der Waals surface area (Å²) >= 11 is 3.25. The molecule has 19 heavy (non-hydrogen) atoms. The second-order valence-corrected chi connectivity index (χ2v) is 5.87. The Labute approximate surface area is 120 Å². The van der Waals surface area contributed by atoms with E-state index < -0.39 is 17.7 Å². The maximum absolute atomic E-state index is 11.9. The Bertz CT molecular complexity index is 508. The van der Waals surface area contributed by atoms with Crippen molar-refractivity contribution in [1.82, 2.24) is 0 Å². The Balaban J connectivity index is 2.97. The molecule has 0 bridgehead atoms. The van der Waals surface area contributed by atoms with Gasteiger partial charge >= 0.3 is 12.1 Å². The van der Waals surface area contributed by atoms with Crippen molar-refractivity contribution < 1.29 is 19.4 Å². The number of aromatic carboxylic acids is 1. The Morgan fingerprint density at radius 2 is 1.89 bits per heavy atom. The lowest BCUT2D eigenvalue weighted by atomic mass is 10.2. The second-order valence-electron chi connectivity index (χ2n) is 5.01. The summed E-state index contributed by atoms with van der Waals surface area (Å²) in [6, 6.07) is 4.43. The number of carboxylic acid groups (broad SMARTS) is 1. The summed E-state index contributed by atoms with van der Waals surface area (Å²) in [6.07, 6.45) is -0.503. The van der Waals surface area contributed by atoms with E-state index in [1.807, 2.05) is 0 Å². The normalized spacial score (nSPS) is 11.0. The Morgan fingerprint density at radius 3 is 2.32 bits per heavy atom. The van der Waals surface area contributed by atoms with Gasteiger partial charge in [0.15, 0.2) is 0 Å². The average Bonchev–Trinajstić information content (AvgIpc) is 2.25. The van der Waals surface area contributed by atoms with E-state index in [0.29, 0.717) is 10.2 Å². The van der Waals surface area contributed by atoms with Crippen molar-refractivity contribution in [1.29, 1.82) is 0 Å². The standard InChI is InChI=1S/C13H16BrNO4/c1-13(2,3)19-12(18)15(4)10-6-5-8(11(16)17)7-9(10)14/h5-7H,1-4H3,(H,16,17). The molecule has 104 valence electrons. The molecule has 1 aromatic rings. The molecule has 0 saturated heterocycles. The predicted molar refractivity (Wildman–Crippen MR) is 75.7 cm³/mol. The molecular formula is C13H16BrNO4. The molecule has 5 nitrogen and oxygen atoms in total. The van der Waals surface area contributed by atoms with Gasteiger partial charge in [0, 0.05) is 11.5 Å². The number of hydrogen-bond donors (Lipinski definition) is 1. The molecule has 1 aromatic carbocycles. The van der Waals surface area contributed by atoms with Gasteiger partial charge in [0.05, 0.1) is 11.3 Å². The number of carbonyl (C=O) groups is 2. The van der Waals surface area contributed by atoms with Crippen LogP contribution in [0.15, 0.2) is 22.7 Å². The molecule has 0 aromatic heterocycles. The van der Waals surface area contributed by atoms with E-state index in [9.17, 15) is 9.59 Å². The molecule has 0 radical (unpaired) electrons. The average molecular weight is 330 g/mol. The molecule has 1 amide bonds. The SMILES string of the molecule is CN(C(=O)OC(C)(C)C)c1ccc(C(=O)O)cc1Br. The number of carboxylic acids is 1. The van der Waals surface area contributed by atoms with Crippen LogP contribution in [0.4, 0.5) is 10.5 Å². The first kappa shape index (κ1) is 15.5. The minimum Gasteiger partial charge on any atom is -0.478 e. The number of carbonyl (C=O) groups excluding carboxylic acids is 1. The van der Waals surface area contributed by atoms with Crippen LogP contribution in [0.25, 0.3) is 0 Å². The largest absolute Gasteiger partial charge is 0.478 e. The van der Waals surface area contributed by atoms with Gasteiger partial charge in [-0.1, -0.05) is 0 Å². The maximum atomic E-state index is 11.9. The molecular weight excluding hydrogens is 314 g/mol. The van der Waals surface area contributed by atoms with Crippen LogP contribution in [0.2, 0.25) is 0 Å². The van der Waals surface area contributed by atoms with E-state index in [2.05, 4.69) is 15.9 Å². The quantitative estimate of drug-likeness (QED) is 0.901. The van der Waals surface area contributed by atoms with E-state index in [4.69, 9.17) is 9.84 Å². The topological polar surface area (TPSA) is 66.8 Å². The third-order valence-corrected chi connectivity index (χ3v) is 2.86. The molecule has 0 saturated carbocycles. The lowest BCUT2D eigenvalue weighted by Gasteiger charge is -2.25. The fourth-order valence-electron chi connectivity index (χ4n) is 1.34. The zero-order valence-corrected chi connectivity index (χ0v) is 12.8. The number of nitrogens with zero attached hydrogens (tertiary/aromatic N) is 1. The first-order valence-corrected chi connectivity index (χ1v) is 6.40. The Hall–Kier alpha value is -1.56. The van der Waals surface area contributed by atoms with Crippen molar-refractivity contribution in [2.75, 3.05) is 11.9 Å². The molecule has 0 fully saturated rings. The Kier molecular flexibility index (Phi) is 4.57. The minimum absolute atomic E-state index is 0.146. The molecule has 0 heterocycles. The number of amides is 1. The molecule has 1 rings (SSSR count). The predicted octanol–water partition coefficient (Wildman–Crippen LogP) is 3.52. The van der Waals surface area contributed by atoms with Gasteiger partial charge < -0.3 is 9.84 Å². The van der Waals surface area contributed by atoms with Crippen LogP contribution >= 0.6 is 15.9 Å². The lowest BCUT2D eigenvalue weighted by molar-refractivity contribution is 0.0588. The third-order valence-electron chi connectivity index (χ3n) is 2.22. The summed E-state index contributed by atoms with van der Waals surface area (Å²) in [5, 5.41) is 8.87. The van der Waals surface area contributed by atoms with Crippen LogP contribution < -0.4 is 4.90 Å². The van der Waals surface area contributed by atoms with Gasteiger partial charge in [0.2, 0.25) is 0 Å². The van der Waals surface area contributed by atoms with Crippen LogP contribution in [0.1, 0.15) is 31.1 Å². The van der Waals surface area contributed by atoms with E-state index in [0.717, 1.165) is 0 Å². The van der Waals surface area contributed by atoms with E-state index in [1.165, 1.54) is 17.0 Å². The maximum Gasteiger partial charge on any atom is 0.414 e. The van der Waals surface area contributed by atoms with Crippen LogP contribution in [0.3, 0.4) is 0 Å². The lowest BCUT2D eigenvalue weighted by Crippen LogP contribution is -2.34. The third kappa shape index (κ3) is 4.24. The van der Waals surface area contributed by atoms with Crippen LogP contribution in [-0.4, -0.2) is 29.8 Å². The fraction of sp³-hybridized carbons (Fsp3) is 0.385. The van der Waals surface area contributed by atoms with Gasteiger partial charge in [0.1, 0.15) is 5.60 Å². The minimum atomic E-state index is -1.02. The highest BCUT2D eigenvalue weighted by Gasteiger charge is 2.22. The summed E-state index contributed by atoms with van der Waals surface area (Å²) < 4.78 is 5.75. The summed E-state index contributed by atoms with van der Waals surface area (Å²) in [7, 11) is 1.56. The monoisotopic (exact) mass is 329 g/mol. The van der Waals surface area contributed by atoms with Gasteiger partial charge in [-0.25, -0.2) is 9.59 Å². The van der Waals surface area contributed by atoms with Crippen LogP contribution in [-0.2, 0) is 4.74 Å². The first-order valence-electron chi connectivity index (χ1n) is 5.61. The van der Waals surface area contributed by atoms with Crippen molar-refractivity contribution in [3.63, 3.8) is 0 Å². The molecule has 0 atom stereocenters. The number of anilines is 1. The molecule has 6 heteroatoms.